The molecular formula is C17H18N2O6S. The summed E-state index contributed by atoms with van der Waals surface area (Å²) in [5.74, 6) is -1.49. The zero-order chi connectivity index (χ0) is 19.2. The van der Waals surface area contributed by atoms with Crippen molar-refractivity contribution >= 4 is 29.3 Å². The second-order valence-corrected chi connectivity index (χ2v) is 8.08. The van der Waals surface area contributed by atoms with Gasteiger partial charge >= 0.3 is 5.97 Å². The molecule has 0 aromatic heterocycles. The van der Waals surface area contributed by atoms with Crippen LogP contribution in [0, 0.1) is 16.0 Å². The Morgan fingerprint density at radius 3 is 2.54 bits per heavy atom. The fraction of sp³-hybridized carbons (Fsp3) is 0.412. The van der Waals surface area contributed by atoms with Crippen LogP contribution in [0.1, 0.15) is 26.3 Å². The van der Waals surface area contributed by atoms with Crippen molar-refractivity contribution in [2.45, 2.75) is 38.4 Å². The first-order chi connectivity index (χ1) is 12.1. The molecule has 0 unspecified atom stereocenters. The standard InChI is InChI=1S/C17H18N2O6S/c1-9-13(18-14(20)12(15(18)26-9)17(2,3)22)16(21)25-8-10-4-6-11(7-5-10)19(23)24/h4-7,12,15,22H,8H2,1-3H3/t12-,15-/m1/s1. The number of esters is 1. The number of aliphatic hydroxyl groups is 1. The van der Waals surface area contributed by atoms with Crippen molar-refractivity contribution < 1.29 is 24.4 Å². The van der Waals surface area contributed by atoms with Gasteiger partial charge in [-0.1, -0.05) is 0 Å². The summed E-state index contributed by atoms with van der Waals surface area (Å²) in [5.41, 5.74) is -0.400. The lowest BCUT2D eigenvalue weighted by molar-refractivity contribution is -0.384. The minimum atomic E-state index is -1.16. The van der Waals surface area contributed by atoms with Gasteiger partial charge in [-0.2, -0.15) is 0 Å². The summed E-state index contributed by atoms with van der Waals surface area (Å²) in [7, 11) is 0. The van der Waals surface area contributed by atoms with Crippen LogP contribution >= 0.6 is 11.8 Å². The molecule has 2 aliphatic heterocycles. The van der Waals surface area contributed by atoms with Crippen LogP contribution in [0.4, 0.5) is 5.69 Å². The highest BCUT2D eigenvalue weighted by Gasteiger charge is 2.60. The van der Waals surface area contributed by atoms with Crippen molar-refractivity contribution in [3.8, 4) is 0 Å². The Morgan fingerprint density at radius 2 is 2.00 bits per heavy atom. The highest BCUT2D eigenvalue weighted by molar-refractivity contribution is 8.04. The minimum Gasteiger partial charge on any atom is -0.456 e. The van der Waals surface area contributed by atoms with Gasteiger partial charge in [-0.25, -0.2) is 4.79 Å². The lowest BCUT2D eigenvalue weighted by Gasteiger charge is -2.47. The van der Waals surface area contributed by atoms with E-state index in [1.54, 1.807) is 20.8 Å². The average Bonchev–Trinajstić information content (AvgIpc) is 2.84. The molecule has 2 aliphatic rings. The molecular weight excluding hydrogens is 360 g/mol. The molecule has 0 spiro atoms. The SMILES string of the molecule is CC1=C(C(=O)OCc2ccc([N+](=O)[O-])cc2)N2C(=O)[C@@H](C(C)(C)O)[C@H]2S1. The second-order valence-electron chi connectivity index (χ2n) is 6.75. The van der Waals surface area contributed by atoms with Crippen molar-refractivity contribution in [3.63, 3.8) is 0 Å². The Bertz CT molecular complexity index is 812. The summed E-state index contributed by atoms with van der Waals surface area (Å²) in [6, 6.07) is 5.69. The van der Waals surface area contributed by atoms with Gasteiger partial charge in [0.25, 0.3) is 5.69 Å². The predicted octanol–water partition coefficient (Wildman–Crippen LogP) is 2.17. The molecule has 0 bridgehead atoms. The Balaban J connectivity index is 1.66. The van der Waals surface area contributed by atoms with E-state index in [-0.39, 0.29) is 29.3 Å². The molecule has 1 saturated heterocycles. The van der Waals surface area contributed by atoms with Gasteiger partial charge < -0.3 is 9.84 Å². The molecule has 2 atom stereocenters. The van der Waals surface area contributed by atoms with Crippen LogP contribution < -0.4 is 0 Å². The molecule has 1 fully saturated rings. The van der Waals surface area contributed by atoms with Crippen LogP contribution in [0.15, 0.2) is 34.9 Å². The van der Waals surface area contributed by atoms with Crippen LogP contribution in [0.25, 0.3) is 0 Å². The third-order valence-electron chi connectivity index (χ3n) is 4.39. The van der Waals surface area contributed by atoms with Crippen LogP contribution in [0.2, 0.25) is 0 Å². The summed E-state index contributed by atoms with van der Waals surface area (Å²) in [6.07, 6.45) is 0. The largest absolute Gasteiger partial charge is 0.456 e. The molecule has 1 N–H and O–H groups in total. The molecule has 26 heavy (non-hydrogen) atoms. The molecule has 0 radical (unpaired) electrons. The first kappa shape index (κ1) is 18.4. The zero-order valence-electron chi connectivity index (χ0n) is 14.5. The van der Waals surface area contributed by atoms with Gasteiger partial charge in [-0.05, 0) is 38.5 Å². The third kappa shape index (κ3) is 3.08. The predicted molar refractivity (Wildman–Crippen MR) is 93.6 cm³/mol. The molecule has 138 valence electrons. The summed E-state index contributed by atoms with van der Waals surface area (Å²) in [4.78, 5) is 37.0. The number of benzene rings is 1. The number of hydrogen-bond donors (Lipinski definition) is 1. The van der Waals surface area contributed by atoms with E-state index in [9.17, 15) is 24.8 Å². The highest BCUT2D eigenvalue weighted by Crippen LogP contribution is 2.52. The summed E-state index contributed by atoms with van der Waals surface area (Å²) in [5, 5.41) is 20.5. The van der Waals surface area contributed by atoms with E-state index in [1.165, 1.54) is 40.9 Å². The van der Waals surface area contributed by atoms with Gasteiger partial charge in [0.05, 0.1) is 16.4 Å². The second kappa shape index (κ2) is 6.40. The Labute approximate surface area is 154 Å². The fourth-order valence-electron chi connectivity index (χ4n) is 3.05. The first-order valence-electron chi connectivity index (χ1n) is 7.94. The van der Waals surface area contributed by atoms with Crippen molar-refractivity contribution in [2.24, 2.45) is 5.92 Å². The number of thioether (sulfide) groups is 1. The van der Waals surface area contributed by atoms with Gasteiger partial charge in [0.1, 0.15) is 17.7 Å². The van der Waals surface area contributed by atoms with Crippen LogP contribution in [-0.2, 0) is 20.9 Å². The van der Waals surface area contributed by atoms with E-state index in [1.807, 2.05) is 0 Å². The number of non-ortho nitro benzene ring substituents is 1. The summed E-state index contributed by atoms with van der Waals surface area (Å²) >= 11 is 1.37. The molecule has 8 nitrogen and oxygen atoms in total. The van der Waals surface area contributed by atoms with E-state index >= 15 is 0 Å². The quantitative estimate of drug-likeness (QED) is 0.362. The van der Waals surface area contributed by atoms with E-state index in [0.29, 0.717) is 10.5 Å². The number of nitro benzene ring substituents is 1. The van der Waals surface area contributed by atoms with Crippen LogP contribution in [0.5, 0.6) is 0 Å². The number of hydrogen-bond acceptors (Lipinski definition) is 7. The molecule has 1 aromatic carbocycles. The van der Waals surface area contributed by atoms with Crippen LogP contribution in [-0.4, -0.2) is 37.8 Å². The van der Waals surface area contributed by atoms with E-state index in [0.717, 1.165) is 0 Å². The maximum absolute atomic E-state index is 12.4. The summed E-state index contributed by atoms with van der Waals surface area (Å²) in [6.45, 7) is 4.83. The fourth-order valence-corrected chi connectivity index (χ4v) is 4.61. The lowest BCUT2D eigenvalue weighted by Crippen LogP contribution is -2.64. The van der Waals surface area contributed by atoms with Crippen molar-refractivity contribution in [1.29, 1.82) is 0 Å². The van der Waals surface area contributed by atoms with Gasteiger partial charge in [0, 0.05) is 17.0 Å². The van der Waals surface area contributed by atoms with E-state index in [2.05, 4.69) is 0 Å². The lowest BCUT2D eigenvalue weighted by atomic mass is 9.82. The average molecular weight is 378 g/mol. The number of rotatable bonds is 5. The van der Waals surface area contributed by atoms with Gasteiger partial charge in [0.15, 0.2) is 0 Å². The molecule has 0 aliphatic carbocycles. The van der Waals surface area contributed by atoms with Gasteiger partial charge in [0.2, 0.25) is 5.91 Å². The highest BCUT2D eigenvalue weighted by atomic mass is 32.2. The molecule has 2 heterocycles. The van der Waals surface area contributed by atoms with Gasteiger partial charge in [-0.3, -0.25) is 19.8 Å². The number of carbonyl (C=O) groups excluding carboxylic acids is 2. The third-order valence-corrected chi connectivity index (χ3v) is 5.66. The number of amides is 1. The molecule has 1 aromatic rings. The summed E-state index contributed by atoms with van der Waals surface area (Å²) < 4.78 is 5.27. The van der Waals surface area contributed by atoms with Crippen LogP contribution in [0.3, 0.4) is 0 Å². The number of β-lactam (4-membered cyclic amide) rings is 1. The Kier molecular flexibility index (Phi) is 4.53. The Hall–Kier alpha value is -2.39. The van der Waals surface area contributed by atoms with Gasteiger partial charge in [-0.15, -0.1) is 11.8 Å². The smallest absolute Gasteiger partial charge is 0.356 e. The number of nitro groups is 1. The minimum absolute atomic E-state index is 0.0440. The maximum Gasteiger partial charge on any atom is 0.356 e. The molecule has 0 saturated carbocycles. The number of nitrogens with zero attached hydrogens (tertiary/aromatic N) is 2. The van der Waals surface area contributed by atoms with E-state index < -0.39 is 22.4 Å². The van der Waals surface area contributed by atoms with Crippen molar-refractivity contribution in [1.82, 2.24) is 4.90 Å². The van der Waals surface area contributed by atoms with E-state index in [4.69, 9.17) is 4.74 Å². The number of allylic oxidation sites excluding steroid dienone is 1. The number of ether oxygens (including phenoxy) is 1. The maximum atomic E-state index is 12.4. The topological polar surface area (TPSA) is 110 Å². The Morgan fingerprint density at radius 1 is 1.38 bits per heavy atom. The normalized spacial score (nSPS) is 22.2. The van der Waals surface area contributed by atoms with Crippen molar-refractivity contribution in [3.05, 3.63) is 50.5 Å². The number of carbonyl (C=O) groups is 2. The molecule has 3 rings (SSSR count). The van der Waals surface area contributed by atoms with Crippen molar-refractivity contribution in [2.75, 3.05) is 0 Å². The molecule has 1 amide bonds. The monoisotopic (exact) mass is 378 g/mol. The zero-order valence-corrected chi connectivity index (χ0v) is 15.3. The first-order valence-corrected chi connectivity index (χ1v) is 8.82. The number of fused-ring (bicyclic) bond motifs is 1. The molecule has 9 heteroatoms.